The zero-order valence-corrected chi connectivity index (χ0v) is 20.1. The molecule has 0 radical (unpaired) electrons. The lowest BCUT2D eigenvalue weighted by molar-refractivity contribution is -0.116. The van der Waals surface area contributed by atoms with Crippen molar-refractivity contribution in [3.63, 3.8) is 0 Å². The Morgan fingerprint density at radius 3 is 2.61 bits per heavy atom. The van der Waals surface area contributed by atoms with E-state index in [-0.39, 0.29) is 18.1 Å². The predicted octanol–water partition coefficient (Wildman–Crippen LogP) is 6.06. The number of carbonyl (C=O) groups is 1. The largest absolute Gasteiger partial charge is 0.311 e. The Labute approximate surface area is 203 Å². The second-order valence-electron chi connectivity index (χ2n) is 8.17. The molecule has 1 heterocycles. The first-order chi connectivity index (χ1) is 16.1. The van der Waals surface area contributed by atoms with Gasteiger partial charge in [0.1, 0.15) is 0 Å². The Hall–Kier alpha value is -2.82. The van der Waals surface area contributed by atoms with Crippen LogP contribution in [0.25, 0.3) is 11.4 Å². The van der Waals surface area contributed by atoms with Gasteiger partial charge in [0.2, 0.25) is 5.91 Å². The van der Waals surface area contributed by atoms with Gasteiger partial charge in [-0.05, 0) is 44.0 Å². The molecule has 1 fully saturated rings. The molecule has 0 atom stereocenters. The molecule has 0 bridgehead atoms. The second kappa shape index (κ2) is 10.9. The van der Waals surface area contributed by atoms with Crippen LogP contribution in [0.1, 0.15) is 43.7 Å². The van der Waals surface area contributed by atoms with E-state index in [4.69, 9.17) is 16.9 Å². The zero-order chi connectivity index (χ0) is 23.2. The molecule has 0 aliphatic heterocycles. The molecule has 0 unspecified atom stereocenters. The van der Waals surface area contributed by atoms with Crippen molar-refractivity contribution in [2.24, 2.45) is 0 Å². The number of amides is 1. The third kappa shape index (κ3) is 5.40. The van der Waals surface area contributed by atoms with Gasteiger partial charge in [-0.1, -0.05) is 66.0 Å². The van der Waals surface area contributed by atoms with Crippen molar-refractivity contribution >= 4 is 35.0 Å². The Balaban J connectivity index is 1.58. The fourth-order valence-electron chi connectivity index (χ4n) is 4.18. The van der Waals surface area contributed by atoms with Gasteiger partial charge in [0.25, 0.3) is 0 Å². The number of halogens is 1. The molecule has 1 aromatic heterocycles. The molecule has 170 valence electrons. The number of anilines is 1. The van der Waals surface area contributed by atoms with Crippen LogP contribution in [-0.2, 0) is 4.79 Å². The molecular weight excluding hydrogens is 454 g/mol. The molecule has 3 aromatic rings. The molecule has 6 nitrogen and oxygen atoms in total. The zero-order valence-electron chi connectivity index (χ0n) is 18.6. The monoisotopic (exact) mass is 479 g/mol. The molecule has 0 saturated heterocycles. The number of nitriles is 1. The number of hydrogen-bond donors (Lipinski definition) is 0. The summed E-state index contributed by atoms with van der Waals surface area (Å²) in [5, 5.41) is 19.4. The lowest BCUT2D eigenvalue weighted by Crippen LogP contribution is -2.33. The fourth-order valence-corrected chi connectivity index (χ4v) is 5.28. The summed E-state index contributed by atoms with van der Waals surface area (Å²) in [5.41, 5.74) is 2.78. The molecule has 8 heteroatoms. The topological polar surface area (TPSA) is 74.8 Å². The number of hydrogen-bond acceptors (Lipinski definition) is 5. The third-order valence-electron chi connectivity index (χ3n) is 5.89. The average Bonchev–Trinajstić information content (AvgIpc) is 3.49. The first-order valence-electron chi connectivity index (χ1n) is 11.1. The van der Waals surface area contributed by atoms with Crippen molar-refractivity contribution in [1.82, 2.24) is 14.8 Å². The maximum atomic E-state index is 13.2. The van der Waals surface area contributed by atoms with E-state index in [1.54, 1.807) is 4.90 Å². The third-order valence-corrected chi connectivity index (χ3v) is 7.15. The van der Waals surface area contributed by atoms with Crippen LogP contribution >= 0.6 is 23.4 Å². The van der Waals surface area contributed by atoms with Crippen LogP contribution in [-0.4, -0.2) is 33.0 Å². The van der Waals surface area contributed by atoms with E-state index in [1.165, 1.54) is 24.6 Å². The number of carbonyl (C=O) groups excluding carboxylic acids is 1. The van der Waals surface area contributed by atoms with E-state index >= 15 is 0 Å². The number of rotatable bonds is 8. The van der Waals surface area contributed by atoms with Crippen LogP contribution in [0.3, 0.4) is 0 Å². The first-order valence-corrected chi connectivity index (χ1v) is 12.5. The summed E-state index contributed by atoms with van der Waals surface area (Å²) in [4.78, 5) is 14.9. The molecule has 0 spiro atoms. The number of aryl methyl sites for hydroxylation is 1. The minimum Gasteiger partial charge on any atom is -0.311 e. The van der Waals surface area contributed by atoms with Gasteiger partial charge >= 0.3 is 0 Å². The summed E-state index contributed by atoms with van der Waals surface area (Å²) in [5.74, 6) is 0.911. The van der Waals surface area contributed by atoms with Gasteiger partial charge in [0, 0.05) is 23.8 Å². The van der Waals surface area contributed by atoms with Crippen LogP contribution in [0, 0.1) is 18.3 Å². The van der Waals surface area contributed by atoms with E-state index in [0.29, 0.717) is 17.6 Å². The average molecular weight is 480 g/mol. The highest BCUT2D eigenvalue weighted by molar-refractivity contribution is 7.99. The Morgan fingerprint density at radius 1 is 1.18 bits per heavy atom. The van der Waals surface area contributed by atoms with E-state index in [2.05, 4.69) is 20.8 Å². The van der Waals surface area contributed by atoms with Crippen molar-refractivity contribution in [2.75, 3.05) is 17.2 Å². The standard InChI is InChI=1S/C25H26ClN5OS/c1-18-11-13-19(14-12-18)30(16-6-15-27)23(32)17-33-25-29-28-24(21-9-4-5-10-22(21)26)31(25)20-7-2-3-8-20/h4-5,9-14,20H,2-3,6-8,16-17H2,1H3. The predicted molar refractivity (Wildman–Crippen MR) is 132 cm³/mol. The van der Waals surface area contributed by atoms with Gasteiger partial charge < -0.3 is 4.90 Å². The van der Waals surface area contributed by atoms with Crippen LogP contribution in [0.4, 0.5) is 5.69 Å². The summed E-state index contributed by atoms with van der Waals surface area (Å²) >= 11 is 7.86. The quantitative estimate of drug-likeness (QED) is 0.367. The normalized spacial score (nSPS) is 13.7. The molecule has 1 aliphatic rings. The van der Waals surface area contributed by atoms with Gasteiger partial charge in [-0.25, -0.2) is 0 Å². The maximum absolute atomic E-state index is 13.2. The minimum atomic E-state index is -0.0561. The molecule has 0 N–H and O–H groups in total. The lowest BCUT2D eigenvalue weighted by Gasteiger charge is -2.22. The molecule has 1 amide bonds. The van der Waals surface area contributed by atoms with E-state index in [9.17, 15) is 4.79 Å². The van der Waals surface area contributed by atoms with Gasteiger partial charge in [-0.3, -0.25) is 9.36 Å². The van der Waals surface area contributed by atoms with Crippen molar-refractivity contribution in [3.05, 3.63) is 59.1 Å². The number of benzene rings is 2. The van der Waals surface area contributed by atoms with Crippen LogP contribution in [0.15, 0.2) is 53.7 Å². The number of nitrogens with zero attached hydrogens (tertiary/aromatic N) is 5. The smallest absolute Gasteiger partial charge is 0.237 e. The molecule has 33 heavy (non-hydrogen) atoms. The van der Waals surface area contributed by atoms with Crippen LogP contribution in [0.5, 0.6) is 0 Å². The SMILES string of the molecule is Cc1ccc(N(CCC#N)C(=O)CSc2nnc(-c3ccccc3Cl)n2C2CCCC2)cc1. The highest BCUT2D eigenvalue weighted by Crippen LogP contribution is 2.38. The van der Waals surface area contributed by atoms with Gasteiger partial charge in [0.05, 0.1) is 23.3 Å². The van der Waals surface area contributed by atoms with E-state index < -0.39 is 0 Å². The summed E-state index contributed by atoms with van der Waals surface area (Å²) in [6.07, 6.45) is 4.74. The molecule has 2 aromatic carbocycles. The van der Waals surface area contributed by atoms with Crippen molar-refractivity contribution in [2.45, 2.75) is 50.2 Å². The maximum Gasteiger partial charge on any atom is 0.237 e. The Bertz CT molecular complexity index is 1150. The van der Waals surface area contributed by atoms with E-state index in [0.717, 1.165) is 40.6 Å². The minimum absolute atomic E-state index is 0.0561. The molecule has 1 aliphatic carbocycles. The first kappa shape index (κ1) is 23.3. The summed E-state index contributed by atoms with van der Waals surface area (Å²) < 4.78 is 2.16. The van der Waals surface area contributed by atoms with Gasteiger partial charge in [-0.2, -0.15) is 5.26 Å². The molecule has 1 saturated carbocycles. The second-order valence-corrected chi connectivity index (χ2v) is 9.52. The van der Waals surface area contributed by atoms with Crippen LogP contribution < -0.4 is 4.90 Å². The lowest BCUT2D eigenvalue weighted by atomic mass is 10.2. The highest BCUT2D eigenvalue weighted by atomic mass is 35.5. The van der Waals surface area contributed by atoms with Crippen molar-refractivity contribution in [1.29, 1.82) is 5.26 Å². The number of thioether (sulfide) groups is 1. The molecular formula is C25H26ClN5OS. The van der Waals surface area contributed by atoms with Crippen LogP contribution in [0.2, 0.25) is 5.02 Å². The Morgan fingerprint density at radius 2 is 1.91 bits per heavy atom. The van der Waals surface area contributed by atoms with Gasteiger partial charge in [-0.15, -0.1) is 10.2 Å². The van der Waals surface area contributed by atoms with Crippen molar-refractivity contribution in [3.8, 4) is 17.5 Å². The number of aromatic nitrogens is 3. The summed E-state index contributed by atoms with van der Waals surface area (Å²) in [7, 11) is 0. The molecule has 4 rings (SSSR count). The summed E-state index contributed by atoms with van der Waals surface area (Å²) in [6, 6.07) is 17.9. The fraction of sp³-hybridized carbons (Fsp3) is 0.360. The Kier molecular flexibility index (Phi) is 7.69. The van der Waals surface area contributed by atoms with Crippen molar-refractivity contribution < 1.29 is 4.79 Å². The summed E-state index contributed by atoms with van der Waals surface area (Å²) in [6.45, 7) is 2.37. The highest BCUT2D eigenvalue weighted by Gasteiger charge is 2.26. The van der Waals surface area contributed by atoms with E-state index in [1.807, 2.05) is 55.5 Å². The van der Waals surface area contributed by atoms with Gasteiger partial charge in [0.15, 0.2) is 11.0 Å².